The van der Waals surface area contributed by atoms with Crippen LogP contribution >= 0.6 is 11.3 Å². The van der Waals surface area contributed by atoms with Gasteiger partial charge in [0.25, 0.3) is 0 Å². The first-order valence-corrected chi connectivity index (χ1v) is 14.4. The number of ether oxygens (including phenoxy) is 2. The Bertz CT molecular complexity index is 1250. The van der Waals surface area contributed by atoms with Crippen LogP contribution in [0.5, 0.6) is 11.5 Å². The Morgan fingerprint density at radius 3 is 2.35 bits per heavy atom. The molecule has 1 aromatic heterocycles. The second-order valence-corrected chi connectivity index (χ2v) is 11.2. The molecule has 6 rings (SSSR count). The van der Waals surface area contributed by atoms with E-state index in [0.29, 0.717) is 12.5 Å². The van der Waals surface area contributed by atoms with Crippen LogP contribution in [0.2, 0.25) is 0 Å². The van der Waals surface area contributed by atoms with Gasteiger partial charge in [-0.15, -0.1) is 0 Å². The minimum atomic E-state index is 0.289. The van der Waals surface area contributed by atoms with Crippen molar-refractivity contribution in [2.45, 2.75) is 44.8 Å². The molecule has 1 aliphatic carbocycles. The number of likely N-dealkylation sites (tertiary alicyclic amines) is 1. The van der Waals surface area contributed by atoms with E-state index in [1.54, 1.807) is 11.3 Å². The summed E-state index contributed by atoms with van der Waals surface area (Å²) in [6.45, 7) is 4.73. The van der Waals surface area contributed by atoms with E-state index < -0.39 is 0 Å². The fourth-order valence-corrected chi connectivity index (χ4v) is 5.97. The van der Waals surface area contributed by atoms with Crippen molar-refractivity contribution >= 4 is 26.7 Å². The van der Waals surface area contributed by atoms with Crippen LogP contribution in [0.3, 0.4) is 0 Å². The van der Waals surface area contributed by atoms with Gasteiger partial charge in [-0.2, -0.15) is 0 Å². The van der Waals surface area contributed by atoms with Crippen LogP contribution in [-0.4, -0.2) is 36.1 Å². The van der Waals surface area contributed by atoms with Gasteiger partial charge in [-0.3, -0.25) is 4.90 Å². The molecule has 4 aromatic rings. The second-order valence-electron chi connectivity index (χ2n) is 10.2. The number of rotatable bonds is 11. The standard InChI is InChI=1S/C31H35N3O2S/c1-4-18-34(19-5-1)20-21-35-26-14-8-23(9-15-26)22-36-27-16-12-25(13-17-27)30(24-10-11-24)33-31-32-28-6-2-3-7-29(28)37-31/h2-3,6-9,12-17,24,30H,1,4-5,10-11,18-22H2,(H,32,33). The molecule has 1 atom stereocenters. The van der Waals surface area contributed by atoms with Gasteiger partial charge in [-0.1, -0.05) is 54.2 Å². The maximum Gasteiger partial charge on any atom is 0.184 e. The van der Waals surface area contributed by atoms with Crippen LogP contribution in [0.1, 0.15) is 49.3 Å². The topological polar surface area (TPSA) is 46.6 Å². The summed E-state index contributed by atoms with van der Waals surface area (Å²) in [7, 11) is 0. The zero-order valence-corrected chi connectivity index (χ0v) is 22.1. The van der Waals surface area contributed by atoms with Gasteiger partial charge >= 0.3 is 0 Å². The SMILES string of the molecule is c1ccc2sc(NC(c3ccc(OCc4ccc(OCCN5CCCCC5)cc4)cc3)C3CC3)nc2c1. The highest BCUT2D eigenvalue weighted by molar-refractivity contribution is 7.22. The number of hydrogen-bond acceptors (Lipinski definition) is 6. The van der Waals surface area contributed by atoms with Crippen molar-refractivity contribution in [3.63, 3.8) is 0 Å². The lowest BCUT2D eigenvalue weighted by atomic mass is 10.0. The van der Waals surface area contributed by atoms with Crippen LogP contribution in [0, 0.1) is 5.92 Å². The van der Waals surface area contributed by atoms with Crippen LogP contribution in [0.25, 0.3) is 10.2 Å². The number of nitrogens with one attached hydrogen (secondary N) is 1. The molecule has 1 unspecified atom stereocenters. The Kier molecular flexibility index (Phi) is 7.56. The first-order valence-electron chi connectivity index (χ1n) is 13.6. The summed E-state index contributed by atoms with van der Waals surface area (Å²) in [6.07, 6.45) is 6.53. The van der Waals surface area contributed by atoms with Crippen molar-refractivity contribution < 1.29 is 9.47 Å². The summed E-state index contributed by atoms with van der Waals surface area (Å²) in [6, 6.07) is 25.4. The van der Waals surface area contributed by atoms with Crippen LogP contribution in [0.4, 0.5) is 5.13 Å². The Morgan fingerprint density at radius 2 is 1.59 bits per heavy atom. The number of piperidine rings is 1. The van der Waals surface area contributed by atoms with Gasteiger partial charge in [-0.05, 0) is 92.2 Å². The number of hydrogen-bond donors (Lipinski definition) is 1. The number of thiazole rings is 1. The highest BCUT2D eigenvalue weighted by Crippen LogP contribution is 2.44. The maximum atomic E-state index is 6.08. The number of aromatic nitrogens is 1. The van der Waals surface area contributed by atoms with Crippen LogP contribution in [-0.2, 0) is 6.61 Å². The molecule has 6 heteroatoms. The molecule has 0 spiro atoms. The number of fused-ring (bicyclic) bond motifs is 1. The summed E-state index contributed by atoms with van der Waals surface area (Å²) in [5, 5.41) is 4.71. The zero-order valence-electron chi connectivity index (χ0n) is 21.3. The lowest BCUT2D eigenvalue weighted by Crippen LogP contribution is -2.33. The number of anilines is 1. The number of nitrogens with zero attached hydrogens (tertiary/aromatic N) is 2. The molecule has 1 N–H and O–H groups in total. The minimum Gasteiger partial charge on any atom is -0.492 e. The fourth-order valence-electron chi connectivity index (χ4n) is 5.07. The summed E-state index contributed by atoms with van der Waals surface area (Å²) < 4.78 is 13.3. The molecule has 5 nitrogen and oxygen atoms in total. The van der Waals surface area contributed by atoms with Gasteiger partial charge in [0.1, 0.15) is 24.7 Å². The first kappa shape index (κ1) is 24.3. The average Bonchev–Trinajstić information content (AvgIpc) is 3.71. The molecule has 1 saturated carbocycles. The molecule has 0 radical (unpaired) electrons. The smallest absolute Gasteiger partial charge is 0.184 e. The Morgan fingerprint density at radius 1 is 0.865 bits per heavy atom. The van der Waals surface area contributed by atoms with Gasteiger partial charge in [0.2, 0.25) is 0 Å². The second kappa shape index (κ2) is 11.5. The molecule has 2 fully saturated rings. The average molecular weight is 514 g/mol. The maximum absolute atomic E-state index is 6.08. The van der Waals surface area contributed by atoms with Crippen molar-refractivity contribution in [2.75, 3.05) is 31.6 Å². The third-order valence-electron chi connectivity index (χ3n) is 7.36. The molecule has 0 amide bonds. The van der Waals surface area contributed by atoms with Crippen molar-refractivity contribution in [3.8, 4) is 11.5 Å². The summed E-state index contributed by atoms with van der Waals surface area (Å²) in [5.41, 5.74) is 3.49. The van der Waals surface area contributed by atoms with Crippen molar-refractivity contribution in [2.24, 2.45) is 5.92 Å². The van der Waals surface area contributed by atoms with Gasteiger partial charge in [0.15, 0.2) is 5.13 Å². The van der Waals surface area contributed by atoms with Gasteiger partial charge in [0.05, 0.1) is 16.3 Å². The third-order valence-corrected chi connectivity index (χ3v) is 8.33. The first-order chi connectivity index (χ1) is 18.3. The molecule has 2 heterocycles. The van der Waals surface area contributed by atoms with Crippen LogP contribution in [0.15, 0.2) is 72.8 Å². The van der Waals surface area contributed by atoms with Crippen molar-refractivity contribution in [1.82, 2.24) is 9.88 Å². The highest BCUT2D eigenvalue weighted by Gasteiger charge is 2.33. The Labute approximate surface area is 223 Å². The monoisotopic (exact) mass is 513 g/mol. The predicted octanol–water partition coefficient (Wildman–Crippen LogP) is 7.30. The third kappa shape index (κ3) is 6.43. The summed E-state index contributed by atoms with van der Waals surface area (Å²) >= 11 is 1.73. The molecule has 3 aromatic carbocycles. The molecule has 0 bridgehead atoms. The molecule has 192 valence electrons. The highest BCUT2D eigenvalue weighted by atomic mass is 32.1. The lowest BCUT2D eigenvalue weighted by molar-refractivity contribution is 0.183. The van der Waals surface area contributed by atoms with Gasteiger partial charge < -0.3 is 14.8 Å². The van der Waals surface area contributed by atoms with Gasteiger partial charge in [0, 0.05) is 6.54 Å². The zero-order chi connectivity index (χ0) is 24.9. The molecule has 1 saturated heterocycles. The molecule has 37 heavy (non-hydrogen) atoms. The summed E-state index contributed by atoms with van der Waals surface area (Å²) in [5.74, 6) is 2.48. The summed E-state index contributed by atoms with van der Waals surface area (Å²) in [4.78, 5) is 7.29. The van der Waals surface area contributed by atoms with E-state index in [1.165, 1.54) is 55.5 Å². The van der Waals surface area contributed by atoms with Crippen LogP contribution < -0.4 is 14.8 Å². The van der Waals surface area contributed by atoms with Gasteiger partial charge in [-0.25, -0.2) is 4.98 Å². The Balaban J connectivity index is 1.00. The van der Waals surface area contributed by atoms with E-state index in [-0.39, 0.29) is 6.04 Å². The van der Waals surface area contributed by atoms with Crippen molar-refractivity contribution in [1.29, 1.82) is 0 Å². The fraction of sp³-hybridized carbons (Fsp3) is 0.387. The van der Waals surface area contributed by atoms with Crippen molar-refractivity contribution in [3.05, 3.63) is 83.9 Å². The predicted molar refractivity (Wildman–Crippen MR) is 152 cm³/mol. The molecular weight excluding hydrogens is 478 g/mol. The number of para-hydroxylation sites is 1. The normalized spacial score (nSPS) is 17.0. The molecular formula is C31H35N3O2S. The van der Waals surface area contributed by atoms with E-state index in [0.717, 1.165) is 40.9 Å². The van der Waals surface area contributed by atoms with E-state index in [9.17, 15) is 0 Å². The molecule has 1 aliphatic heterocycles. The Hall–Kier alpha value is -3.09. The van der Waals surface area contributed by atoms with E-state index in [1.807, 2.05) is 18.2 Å². The molecule has 2 aliphatic rings. The lowest BCUT2D eigenvalue weighted by Gasteiger charge is -2.26. The van der Waals surface area contributed by atoms with E-state index in [4.69, 9.17) is 14.5 Å². The quantitative estimate of drug-likeness (QED) is 0.228. The van der Waals surface area contributed by atoms with E-state index in [2.05, 4.69) is 64.8 Å². The van der Waals surface area contributed by atoms with E-state index >= 15 is 0 Å². The largest absolute Gasteiger partial charge is 0.492 e. The number of benzene rings is 3. The minimum absolute atomic E-state index is 0.289.